The number of fused-ring (bicyclic) bond motifs is 1. The Balaban J connectivity index is 2.28. The molecule has 1 N–H and O–H groups in total. The number of aryl methyl sites for hydroxylation is 1. The highest BCUT2D eigenvalue weighted by molar-refractivity contribution is 5.67. The van der Waals surface area contributed by atoms with E-state index in [0.29, 0.717) is 0 Å². The first kappa shape index (κ1) is 9.90. The number of nitrogens with zero attached hydrogens (tertiary/aromatic N) is 2. The van der Waals surface area contributed by atoms with Crippen LogP contribution in [-0.4, -0.2) is 14.5 Å². The molecule has 0 saturated heterocycles. The summed E-state index contributed by atoms with van der Waals surface area (Å²) in [5.74, 6) is 1.10. The Bertz CT molecular complexity index is 686. The van der Waals surface area contributed by atoms with E-state index in [1.54, 1.807) is 12.3 Å². The lowest BCUT2D eigenvalue weighted by atomic mass is 10.1. The molecule has 3 heteroatoms. The third kappa shape index (κ3) is 1.56. The standard InChI is InChI=1S/C14H12N2O/c1-10-4-2-5-11(8-10)14-15-9-12-13(17)6-3-7-16(12)14/h2-9,17H,1H3. The molecule has 3 rings (SSSR count). The van der Waals surface area contributed by atoms with Crippen LogP contribution >= 0.6 is 0 Å². The Morgan fingerprint density at radius 1 is 1.18 bits per heavy atom. The molecule has 2 heterocycles. The topological polar surface area (TPSA) is 37.5 Å². The van der Waals surface area contributed by atoms with E-state index in [1.165, 1.54) is 5.56 Å². The summed E-state index contributed by atoms with van der Waals surface area (Å²) in [4.78, 5) is 4.37. The Morgan fingerprint density at radius 2 is 2.06 bits per heavy atom. The molecule has 0 amide bonds. The molecule has 0 aliphatic heterocycles. The number of pyridine rings is 1. The Labute approximate surface area is 99.0 Å². The second kappa shape index (κ2) is 3.63. The van der Waals surface area contributed by atoms with Crippen molar-refractivity contribution in [3.63, 3.8) is 0 Å². The molecular formula is C14H12N2O. The van der Waals surface area contributed by atoms with E-state index in [4.69, 9.17) is 0 Å². The lowest BCUT2D eigenvalue weighted by molar-refractivity contribution is 0.479. The second-order valence-electron chi connectivity index (χ2n) is 4.10. The SMILES string of the molecule is Cc1cccc(-c2ncc3c(O)cccn23)c1. The summed E-state index contributed by atoms with van der Waals surface area (Å²) < 4.78 is 1.89. The molecular weight excluding hydrogens is 212 g/mol. The number of aromatic nitrogens is 2. The average Bonchev–Trinajstić information content (AvgIpc) is 2.74. The fourth-order valence-corrected chi connectivity index (χ4v) is 2.00. The zero-order valence-electron chi connectivity index (χ0n) is 9.46. The van der Waals surface area contributed by atoms with Crippen molar-refractivity contribution in [2.45, 2.75) is 6.92 Å². The van der Waals surface area contributed by atoms with E-state index in [0.717, 1.165) is 16.9 Å². The van der Waals surface area contributed by atoms with Crippen LogP contribution in [-0.2, 0) is 0 Å². The van der Waals surface area contributed by atoms with Crippen LogP contribution in [0, 0.1) is 6.92 Å². The van der Waals surface area contributed by atoms with Crippen molar-refractivity contribution in [2.75, 3.05) is 0 Å². The van der Waals surface area contributed by atoms with Gasteiger partial charge in [-0.25, -0.2) is 4.98 Å². The number of aromatic hydroxyl groups is 1. The molecule has 0 spiro atoms. The van der Waals surface area contributed by atoms with E-state index in [1.807, 2.05) is 28.8 Å². The molecule has 0 saturated carbocycles. The first-order valence-corrected chi connectivity index (χ1v) is 5.48. The van der Waals surface area contributed by atoms with Crippen molar-refractivity contribution < 1.29 is 5.11 Å². The highest BCUT2D eigenvalue weighted by Gasteiger charge is 2.08. The fourth-order valence-electron chi connectivity index (χ4n) is 2.00. The number of rotatable bonds is 1. The van der Waals surface area contributed by atoms with Gasteiger partial charge in [-0.3, -0.25) is 4.40 Å². The highest BCUT2D eigenvalue weighted by Crippen LogP contribution is 2.24. The molecule has 0 aliphatic carbocycles. The van der Waals surface area contributed by atoms with Crippen molar-refractivity contribution >= 4 is 5.52 Å². The lowest BCUT2D eigenvalue weighted by Crippen LogP contribution is -1.89. The maximum absolute atomic E-state index is 9.73. The summed E-state index contributed by atoms with van der Waals surface area (Å²) in [5, 5.41) is 9.73. The smallest absolute Gasteiger partial charge is 0.144 e. The van der Waals surface area contributed by atoms with Crippen LogP contribution in [0.25, 0.3) is 16.9 Å². The van der Waals surface area contributed by atoms with Gasteiger partial charge in [0.2, 0.25) is 0 Å². The first-order valence-electron chi connectivity index (χ1n) is 5.48. The minimum absolute atomic E-state index is 0.249. The van der Waals surface area contributed by atoms with Gasteiger partial charge < -0.3 is 5.11 Å². The van der Waals surface area contributed by atoms with Gasteiger partial charge in [0.25, 0.3) is 0 Å². The van der Waals surface area contributed by atoms with Gasteiger partial charge >= 0.3 is 0 Å². The van der Waals surface area contributed by atoms with Crippen LogP contribution in [0.15, 0.2) is 48.8 Å². The van der Waals surface area contributed by atoms with Gasteiger partial charge in [0.05, 0.1) is 6.20 Å². The largest absolute Gasteiger partial charge is 0.506 e. The lowest BCUT2D eigenvalue weighted by Gasteiger charge is -2.03. The molecule has 0 radical (unpaired) electrons. The minimum Gasteiger partial charge on any atom is -0.506 e. The van der Waals surface area contributed by atoms with Crippen LogP contribution in [0.4, 0.5) is 0 Å². The Morgan fingerprint density at radius 3 is 2.88 bits per heavy atom. The third-order valence-electron chi connectivity index (χ3n) is 2.82. The molecule has 3 nitrogen and oxygen atoms in total. The van der Waals surface area contributed by atoms with Crippen molar-refractivity contribution in [1.29, 1.82) is 0 Å². The molecule has 17 heavy (non-hydrogen) atoms. The summed E-state index contributed by atoms with van der Waals surface area (Å²) >= 11 is 0. The molecule has 0 bridgehead atoms. The molecule has 2 aromatic heterocycles. The van der Waals surface area contributed by atoms with Crippen LogP contribution in [0.1, 0.15) is 5.56 Å². The van der Waals surface area contributed by atoms with Crippen LogP contribution < -0.4 is 0 Å². The monoisotopic (exact) mass is 224 g/mol. The molecule has 84 valence electrons. The number of hydrogen-bond acceptors (Lipinski definition) is 2. The molecule has 0 unspecified atom stereocenters. The maximum Gasteiger partial charge on any atom is 0.144 e. The van der Waals surface area contributed by atoms with Gasteiger partial charge in [-0.15, -0.1) is 0 Å². The quantitative estimate of drug-likeness (QED) is 0.690. The first-order chi connectivity index (χ1) is 8.25. The average molecular weight is 224 g/mol. The van der Waals surface area contributed by atoms with Crippen LogP contribution in [0.5, 0.6) is 5.75 Å². The summed E-state index contributed by atoms with van der Waals surface area (Å²) in [6.45, 7) is 2.05. The summed E-state index contributed by atoms with van der Waals surface area (Å²) in [5.41, 5.74) is 2.97. The number of benzene rings is 1. The molecule has 3 aromatic rings. The van der Waals surface area contributed by atoms with E-state index in [2.05, 4.69) is 24.0 Å². The normalized spacial score (nSPS) is 10.9. The van der Waals surface area contributed by atoms with Gasteiger partial charge in [-0.1, -0.05) is 23.8 Å². The predicted octanol–water partition coefficient (Wildman–Crippen LogP) is 3.02. The summed E-state index contributed by atoms with van der Waals surface area (Å²) in [7, 11) is 0. The van der Waals surface area contributed by atoms with Gasteiger partial charge in [-0.05, 0) is 25.1 Å². The van der Waals surface area contributed by atoms with Crippen molar-refractivity contribution in [3.8, 4) is 17.1 Å². The predicted molar refractivity (Wildman–Crippen MR) is 67.0 cm³/mol. The second-order valence-corrected chi connectivity index (χ2v) is 4.10. The van der Waals surface area contributed by atoms with Crippen molar-refractivity contribution in [1.82, 2.24) is 9.38 Å². The van der Waals surface area contributed by atoms with Gasteiger partial charge in [0.15, 0.2) is 0 Å². The van der Waals surface area contributed by atoms with Gasteiger partial charge in [-0.2, -0.15) is 0 Å². The zero-order chi connectivity index (χ0) is 11.8. The highest BCUT2D eigenvalue weighted by atomic mass is 16.3. The maximum atomic E-state index is 9.73. The van der Waals surface area contributed by atoms with Crippen molar-refractivity contribution in [3.05, 3.63) is 54.4 Å². The van der Waals surface area contributed by atoms with E-state index in [-0.39, 0.29) is 5.75 Å². The van der Waals surface area contributed by atoms with Crippen LogP contribution in [0.3, 0.4) is 0 Å². The van der Waals surface area contributed by atoms with Crippen LogP contribution in [0.2, 0.25) is 0 Å². The van der Waals surface area contributed by atoms with E-state index in [9.17, 15) is 5.11 Å². The van der Waals surface area contributed by atoms with Gasteiger partial charge in [0.1, 0.15) is 17.1 Å². The third-order valence-corrected chi connectivity index (χ3v) is 2.82. The minimum atomic E-state index is 0.249. The Kier molecular flexibility index (Phi) is 2.11. The van der Waals surface area contributed by atoms with Gasteiger partial charge in [0, 0.05) is 11.8 Å². The number of hydrogen-bond donors (Lipinski definition) is 1. The molecule has 0 atom stereocenters. The van der Waals surface area contributed by atoms with E-state index < -0.39 is 0 Å². The summed E-state index contributed by atoms with van der Waals surface area (Å²) in [6, 6.07) is 11.6. The summed E-state index contributed by atoms with van der Waals surface area (Å²) in [6.07, 6.45) is 3.59. The Hall–Kier alpha value is -2.29. The van der Waals surface area contributed by atoms with E-state index >= 15 is 0 Å². The fraction of sp³-hybridized carbons (Fsp3) is 0.0714. The molecule has 0 aliphatic rings. The van der Waals surface area contributed by atoms with Crippen molar-refractivity contribution in [2.24, 2.45) is 0 Å². The molecule has 0 fully saturated rings. The number of imidazole rings is 1. The zero-order valence-corrected chi connectivity index (χ0v) is 9.46. The molecule has 1 aromatic carbocycles.